The minimum Gasteiger partial charge on any atom is -0.480 e. The van der Waals surface area contributed by atoms with E-state index in [-0.39, 0.29) is 12.5 Å². The van der Waals surface area contributed by atoms with Gasteiger partial charge in [-0.05, 0) is 31.3 Å². The van der Waals surface area contributed by atoms with Crippen molar-refractivity contribution in [3.05, 3.63) is 12.7 Å². The maximum Gasteiger partial charge on any atom is 0.326 e. The van der Waals surface area contributed by atoms with Crippen molar-refractivity contribution in [1.29, 1.82) is 0 Å². The molecule has 0 aromatic heterocycles. The van der Waals surface area contributed by atoms with Crippen LogP contribution in [0, 0.1) is 0 Å². The standard InChI is InChI=1S/C12H22N2O3S/c1-4-6-10(11(15)16)14-12(17)13-9(3)7-8-18-5-2/h4,9-10H,1,5-8H2,2-3H3,(H,15,16)(H2,13,14,17). The molecule has 0 saturated heterocycles. The van der Waals surface area contributed by atoms with Crippen LogP contribution < -0.4 is 10.6 Å². The van der Waals surface area contributed by atoms with Gasteiger partial charge in [0, 0.05) is 6.04 Å². The van der Waals surface area contributed by atoms with Gasteiger partial charge < -0.3 is 15.7 Å². The summed E-state index contributed by atoms with van der Waals surface area (Å²) in [5, 5.41) is 14.0. The fraction of sp³-hybridized carbons (Fsp3) is 0.667. The predicted molar refractivity (Wildman–Crippen MR) is 75.0 cm³/mol. The topological polar surface area (TPSA) is 78.4 Å². The number of aliphatic carboxylic acids is 1. The Balaban J connectivity index is 3.99. The van der Waals surface area contributed by atoms with Crippen molar-refractivity contribution in [3.63, 3.8) is 0 Å². The van der Waals surface area contributed by atoms with Crippen LogP contribution in [0.5, 0.6) is 0 Å². The van der Waals surface area contributed by atoms with E-state index in [9.17, 15) is 9.59 Å². The van der Waals surface area contributed by atoms with Crippen molar-refractivity contribution in [2.75, 3.05) is 11.5 Å². The molecule has 0 saturated carbocycles. The first-order chi connectivity index (χ1) is 8.51. The third-order valence-corrected chi connectivity index (χ3v) is 3.22. The second kappa shape index (κ2) is 9.82. The van der Waals surface area contributed by atoms with Gasteiger partial charge in [-0.15, -0.1) is 6.58 Å². The van der Waals surface area contributed by atoms with Gasteiger partial charge in [0.05, 0.1) is 0 Å². The summed E-state index contributed by atoms with van der Waals surface area (Å²) in [6.45, 7) is 7.45. The van der Waals surface area contributed by atoms with E-state index in [0.29, 0.717) is 0 Å². The summed E-state index contributed by atoms with van der Waals surface area (Å²) >= 11 is 1.81. The average molecular weight is 274 g/mol. The second-order valence-electron chi connectivity index (χ2n) is 3.92. The number of hydrogen-bond acceptors (Lipinski definition) is 3. The Bertz CT molecular complexity index is 284. The van der Waals surface area contributed by atoms with Gasteiger partial charge in [-0.1, -0.05) is 13.0 Å². The number of urea groups is 1. The molecule has 0 aromatic rings. The first kappa shape index (κ1) is 16.8. The molecule has 0 radical (unpaired) electrons. The number of amides is 2. The molecule has 2 atom stereocenters. The number of carboxylic acid groups (broad SMARTS) is 1. The molecular formula is C12H22N2O3S. The monoisotopic (exact) mass is 274 g/mol. The highest BCUT2D eigenvalue weighted by Crippen LogP contribution is 2.03. The van der Waals surface area contributed by atoms with Crippen LogP contribution in [0.3, 0.4) is 0 Å². The molecule has 0 heterocycles. The molecule has 0 fully saturated rings. The molecule has 6 heteroatoms. The van der Waals surface area contributed by atoms with Crippen LogP contribution in [0.25, 0.3) is 0 Å². The fourth-order valence-electron chi connectivity index (χ4n) is 1.29. The van der Waals surface area contributed by atoms with Crippen molar-refractivity contribution < 1.29 is 14.7 Å². The largest absolute Gasteiger partial charge is 0.480 e. The summed E-state index contributed by atoms with van der Waals surface area (Å²) < 4.78 is 0. The van der Waals surface area contributed by atoms with Gasteiger partial charge in [0.2, 0.25) is 0 Å². The quantitative estimate of drug-likeness (QED) is 0.443. The van der Waals surface area contributed by atoms with Gasteiger partial charge in [0.15, 0.2) is 0 Å². The Labute approximate surface area is 112 Å². The highest BCUT2D eigenvalue weighted by atomic mass is 32.2. The second-order valence-corrected chi connectivity index (χ2v) is 5.31. The minimum atomic E-state index is -1.06. The number of hydrogen-bond donors (Lipinski definition) is 3. The molecule has 3 N–H and O–H groups in total. The van der Waals surface area contributed by atoms with E-state index in [1.54, 1.807) is 0 Å². The highest BCUT2D eigenvalue weighted by molar-refractivity contribution is 7.99. The summed E-state index contributed by atoms with van der Waals surface area (Å²) in [5.41, 5.74) is 0. The molecule has 0 rings (SSSR count). The summed E-state index contributed by atoms with van der Waals surface area (Å²) in [6, 6.07) is -1.33. The number of nitrogens with one attached hydrogen (secondary N) is 2. The SMILES string of the molecule is C=CCC(NC(=O)NC(C)CCSCC)C(=O)O. The maximum atomic E-state index is 11.5. The summed E-state index contributed by atoms with van der Waals surface area (Å²) in [7, 11) is 0. The Morgan fingerprint density at radius 3 is 2.61 bits per heavy atom. The molecule has 0 aromatic carbocycles. The lowest BCUT2D eigenvalue weighted by Gasteiger charge is -2.17. The summed E-state index contributed by atoms with van der Waals surface area (Å²) in [4.78, 5) is 22.4. The lowest BCUT2D eigenvalue weighted by Crippen LogP contribution is -2.48. The maximum absolute atomic E-state index is 11.5. The van der Waals surface area contributed by atoms with Crippen LogP contribution in [0.4, 0.5) is 4.79 Å². The third kappa shape index (κ3) is 8.00. The van der Waals surface area contributed by atoms with Crippen LogP contribution in [-0.4, -0.2) is 40.7 Å². The lowest BCUT2D eigenvalue weighted by molar-refractivity contribution is -0.139. The van der Waals surface area contributed by atoms with Crippen LogP contribution in [-0.2, 0) is 4.79 Å². The number of carboxylic acids is 1. The predicted octanol–water partition coefficient (Wildman–Crippen LogP) is 1.85. The van der Waals surface area contributed by atoms with E-state index >= 15 is 0 Å². The van der Waals surface area contributed by atoms with E-state index < -0.39 is 18.0 Å². The number of thioether (sulfide) groups is 1. The molecule has 0 spiro atoms. The number of carbonyl (C=O) groups is 2. The molecule has 18 heavy (non-hydrogen) atoms. The van der Waals surface area contributed by atoms with Crippen molar-refractivity contribution in [3.8, 4) is 0 Å². The molecule has 0 aliphatic carbocycles. The molecule has 104 valence electrons. The van der Waals surface area contributed by atoms with Gasteiger partial charge in [-0.3, -0.25) is 0 Å². The van der Waals surface area contributed by atoms with Crippen LogP contribution in [0.1, 0.15) is 26.7 Å². The van der Waals surface area contributed by atoms with Gasteiger partial charge in [0.1, 0.15) is 6.04 Å². The lowest BCUT2D eigenvalue weighted by atomic mass is 10.2. The highest BCUT2D eigenvalue weighted by Gasteiger charge is 2.18. The van der Waals surface area contributed by atoms with E-state index in [4.69, 9.17) is 5.11 Å². The van der Waals surface area contributed by atoms with E-state index in [1.165, 1.54) is 6.08 Å². The minimum absolute atomic E-state index is 0.0298. The Morgan fingerprint density at radius 1 is 1.44 bits per heavy atom. The zero-order chi connectivity index (χ0) is 14.0. The summed E-state index contributed by atoms with van der Waals surface area (Å²) in [6.07, 6.45) is 2.55. The molecular weight excluding hydrogens is 252 g/mol. The zero-order valence-corrected chi connectivity index (χ0v) is 11.8. The zero-order valence-electron chi connectivity index (χ0n) is 10.9. The smallest absolute Gasteiger partial charge is 0.326 e. The number of carbonyl (C=O) groups excluding carboxylic acids is 1. The first-order valence-electron chi connectivity index (χ1n) is 5.99. The molecule has 2 amide bonds. The molecule has 5 nitrogen and oxygen atoms in total. The van der Waals surface area contributed by atoms with Crippen LogP contribution >= 0.6 is 11.8 Å². The Kier molecular flexibility index (Phi) is 9.18. The van der Waals surface area contributed by atoms with E-state index in [0.717, 1.165) is 17.9 Å². The van der Waals surface area contributed by atoms with E-state index in [1.807, 2.05) is 18.7 Å². The third-order valence-electron chi connectivity index (χ3n) is 2.28. The molecule has 0 bridgehead atoms. The summed E-state index contributed by atoms with van der Waals surface area (Å²) in [5.74, 6) is 0.978. The van der Waals surface area contributed by atoms with Crippen molar-refractivity contribution in [2.24, 2.45) is 0 Å². The first-order valence-corrected chi connectivity index (χ1v) is 7.15. The van der Waals surface area contributed by atoms with Crippen LogP contribution in [0.15, 0.2) is 12.7 Å². The molecule has 0 aliphatic heterocycles. The molecule has 0 aliphatic rings. The Hall–Kier alpha value is -1.17. The Morgan fingerprint density at radius 2 is 2.11 bits per heavy atom. The normalized spacial score (nSPS) is 13.4. The number of rotatable bonds is 9. The van der Waals surface area contributed by atoms with E-state index in [2.05, 4.69) is 24.1 Å². The van der Waals surface area contributed by atoms with Crippen molar-refractivity contribution in [1.82, 2.24) is 10.6 Å². The fourth-order valence-corrected chi connectivity index (χ4v) is 2.10. The van der Waals surface area contributed by atoms with Gasteiger partial charge in [-0.2, -0.15) is 11.8 Å². The van der Waals surface area contributed by atoms with Gasteiger partial charge >= 0.3 is 12.0 Å². The van der Waals surface area contributed by atoms with Crippen molar-refractivity contribution in [2.45, 2.75) is 38.8 Å². The van der Waals surface area contributed by atoms with Crippen molar-refractivity contribution >= 4 is 23.8 Å². The molecule has 2 unspecified atom stereocenters. The van der Waals surface area contributed by atoms with Crippen LogP contribution in [0.2, 0.25) is 0 Å². The van der Waals surface area contributed by atoms with Gasteiger partial charge in [0.25, 0.3) is 0 Å². The average Bonchev–Trinajstić information content (AvgIpc) is 2.28. The van der Waals surface area contributed by atoms with Gasteiger partial charge in [-0.25, -0.2) is 9.59 Å².